The lowest BCUT2D eigenvalue weighted by Crippen LogP contribution is -2.21. The number of benzene rings is 2. The second-order valence-corrected chi connectivity index (χ2v) is 4.52. The van der Waals surface area contributed by atoms with Crippen LogP contribution in [0.15, 0.2) is 48.5 Å². The smallest absolute Gasteiger partial charge is 0.340 e. The van der Waals surface area contributed by atoms with Crippen LogP contribution in [0.2, 0.25) is 0 Å². The van der Waals surface area contributed by atoms with Gasteiger partial charge in [0.05, 0.1) is 5.69 Å². The van der Waals surface area contributed by atoms with E-state index >= 15 is 0 Å². The van der Waals surface area contributed by atoms with Crippen molar-refractivity contribution in [1.82, 2.24) is 9.78 Å². The number of carbonyl (C=O) groups is 1. The molecule has 0 saturated heterocycles. The van der Waals surface area contributed by atoms with Gasteiger partial charge in [-0.1, -0.05) is 48.5 Å². The lowest BCUT2D eigenvalue weighted by molar-refractivity contribution is 0.248. The first-order valence-corrected chi connectivity index (χ1v) is 6.37. The first-order chi connectivity index (χ1) is 10.2. The summed E-state index contributed by atoms with van der Waals surface area (Å²) in [6.07, 6.45) is 3.58. The van der Waals surface area contributed by atoms with Crippen LogP contribution in [0, 0.1) is 5.82 Å². The average Bonchev–Trinajstić information content (AvgIpc) is 2.87. The van der Waals surface area contributed by atoms with Crippen molar-refractivity contribution in [3.8, 4) is 0 Å². The van der Waals surface area contributed by atoms with Crippen LogP contribution in [0.4, 0.5) is 9.18 Å². The molecule has 2 N–H and O–H groups in total. The minimum atomic E-state index is -0.815. The van der Waals surface area contributed by atoms with Crippen molar-refractivity contribution < 1.29 is 9.18 Å². The molecule has 3 aromatic rings. The summed E-state index contributed by atoms with van der Waals surface area (Å²) in [6.45, 7) is 0. The largest absolute Gasteiger partial charge is 0.350 e. The second-order valence-electron chi connectivity index (χ2n) is 4.52. The summed E-state index contributed by atoms with van der Waals surface area (Å²) in [5, 5.41) is 4.62. The van der Waals surface area contributed by atoms with Gasteiger partial charge in [-0.2, -0.15) is 9.78 Å². The molecule has 0 aliphatic heterocycles. The summed E-state index contributed by atoms with van der Waals surface area (Å²) in [7, 11) is 0. The lowest BCUT2D eigenvalue weighted by Gasteiger charge is -1.96. The van der Waals surface area contributed by atoms with Crippen molar-refractivity contribution in [2.45, 2.75) is 0 Å². The zero-order valence-corrected chi connectivity index (χ0v) is 11.0. The van der Waals surface area contributed by atoms with Gasteiger partial charge in [0.15, 0.2) is 0 Å². The zero-order chi connectivity index (χ0) is 14.8. The van der Waals surface area contributed by atoms with Gasteiger partial charge in [0.1, 0.15) is 11.3 Å². The highest BCUT2D eigenvalue weighted by Gasteiger charge is 2.15. The Balaban J connectivity index is 2.13. The fourth-order valence-corrected chi connectivity index (χ4v) is 2.17. The fraction of sp³-hybridized carbons (Fsp3) is 0. The molecule has 1 amide bonds. The number of rotatable bonds is 2. The third kappa shape index (κ3) is 2.41. The number of primary amides is 1. The molecule has 3 rings (SSSR count). The molecule has 5 heteroatoms. The summed E-state index contributed by atoms with van der Waals surface area (Å²) < 4.78 is 14.8. The van der Waals surface area contributed by atoms with E-state index in [1.54, 1.807) is 18.2 Å². The third-order valence-electron chi connectivity index (χ3n) is 3.12. The van der Waals surface area contributed by atoms with E-state index in [0.717, 1.165) is 10.2 Å². The van der Waals surface area contributed by atoms with Gasteiger partial charge >= 0.3 is 6.03 Å². The molecule has 0 radical (unpaired) electrons. The summed E-state index contributed by atoms with van der Waals surface area (Å²) in [5.41, 5.74) is 6.81. The number of halogens is 1. The van der Waals surface area contributed by atoms with E-state index in [0.29, 0.717) is 11.1 Å². The summed E-state index contributed by atoms with van der Waals surface area (Å²) in [4.78, 5) is 11.4. The number of fused-ring (bicyclic) bond motifs is 1. The Labute approximate surface area is 120 Å². The Bertz CT molecular complexity index is 837. The molecule has 4 nitrogen and oxygen atoms in total. The van der Waals surface area contributed by atoms with Crippen LogP contribution in [0.25, 0.3) is 23.1 Å². The Kier molecular flexibility index (Phi) is 3.23. The van der Waals surface area contributed by atoms with E-state index in [1.165, 1.54) is 6.07 Å². The fourth-order valence-electron chi connectivity index (χ4n) is 2.17. The van der Waals surface area contributed by atoms with Crippen LogP contribution < -0.4 is 5.73 Å². The second kappa shape index (κ2) is 5.20. The van der Waals surface area contributed by atoms with E-state index < -0.39 is 11.8 Å². The molecule has 0 aliphatic rings. The molecule has 0 bridgehead atoms. The van der Waals surface area contributed by atoms with Crippen molar-refractivity contribution in [2.75, 3.05) is 0 Å². The van der Waals surface area contributed by atoms with Gasteiger partial charge in [-0.25, -0.2) is 9.18 Å². The Morgan fingerprint density at radius 1 is 1.10 bits per heavy atom. The van der Waals surface area contributed by atoms with Crippen LogP contribution in [0.5, 0.6) is 0 Å². The van der Waals surface area contributed by atoms with Crippen molar-refractivity contribution >= 4 is 29.1 Å². The molecular formula is C16H12FN3O. The molecule has 21 heavy (non-hydrogen) atoms. The van der Waals surface area contributed by atoms with Crippen LogP contribution in [-0.4, -0.2) is 15.8 Å². The van der Waals surface area contributed by atoms with Crippen LogP contribution >= 0.6 is 0 Å². The number of hydrogen-bond donors (Lipinski definition) is 1. The molecule has 0 atom stereocenters. The monoisotopic (exact) mass is 281 g/mol. The third-order valence-corrected chi connectivity index (χ3v) is 3.12. The van der Waals surface area contributed by atoms with Gasteiger partial charge in [0, 0.05) is 5.39 Å². The van der Waals surface area contributed by atoms with E-state index in [-0.39, 0.29) is 5.52 Å². The molecule has 0 aliphatic carbocycles. The molecule has 0 unspecified atom stereocenters. The first kappa shape index (κ1) is 13.1. The van der Waals surface area contributed by atoms with Gasteiger partial charge in [-0.3, -0.25) is 0 Å². The normalized spacial score (nSPS) is 11.3. The summed E-state index contributed by atoms with van der Waals surface area (Å²) in [6, 6.07) is 13.4. The van der Waals surface area contributed by atoms with Crippen molar-refractivity contribution in [2.24, 2.45) is 5.73 Å². The number of para-hydroxylation sites is 1. The van der Waals surface area contributed by atoms with Gasteiger partial charge in [-0.15, -0.1) is 0 Å². The predicted octanol–water partition coefficient (Wildman–Crippen LogP) is 3.27. The van der Waals surface area contributed by atoms with Crippen LogP contribution in [0.1, 0.15) is 11.3 Å². The topological polar surface area (TPSA) is 60.9 Å². The van der Waals surface area contributed by atoms with Gasteiger partial charge in [-0.05, 0) is 17.7 Å². The van der Waals surface area contributed by atoms with Crippen LogP contribution in [0.3, 0.4) is 0 Å². The van der Waals surface area contributed by atoms with E-state index in [2.05, 4.69) is 5.10 Å². The maximum Gasteiger partial charge on any atom is 0.340 e. The summed E-state index contributed by atoms with van der Waals surface area (Å²) >= 11 is 0. The quantitative estimate of drug-likeness (QED) is 0.783. The predicted molar refractivity (Wildman–Crippen MR) is 80.0 cm³/mol. The zero-order valence-electron chi connectivity index (χ0n) is 11.0. The highest BCUT2D eigenvalue weighted by Crippen LogP contribution is 2.23. The van der Waals surface area contributed by atoms with Gasteiger partial charge in [0.25, 0.3) is 0 Å². The number of hydrogen-bond acceptors (Lipinski definition) is 2. The molecule has 2 aromatic carbocycles. The van der Waals surface area contributed by atoms with Crippen molar-refractivity contribution in [1.29, 1.82) is 0 Å². The number of nitrogens with two attached hydrogens (primary N) is 1. The average molecular weight is 281 g/mol. The standard InChI is InChI=1S/C16H12FN3O/c17-13-8-4-7-12-14(19-20(15(12)13)16(18)21)10-9-11-5-2-1-3-6-11/h1-10H,(H2,18,21)/b10-9+. The first-order valence-electron chi connectivity index (χ1n) is 6.37. The molecule has 1 aromatic heterocycles. The molecule has 0 fully saturated rings. The highest BCUT2D eigenvalue weighted by atomic mass is 19.1. The number of carbonyl (C=O) groups excluding carboxylic acids is 1. The van der Waals surface area contributed by atoms with Crippen molar-refractivity contribution in [3.05, 3.63) is 65.6 Å². The lowest BCUT2D eigenvalue weighted by atomic mass is 10.1. The Morgan fingerprint density at radius 2 is 1.86 bits per heavy atom. The Morgan fingerprint density at radius 3 is 2.57 bits per heavy atom. The molecule has 1 heterocycles. The minimum absolute atomic E-state index is 0.0951. The molecule has 0 spiro atoms. The van der Waals surface area contributed by atoms with Crippen LogP contribution in [-0.2, 0) is 0 Å². The number of amides is 1. The van der Waals surface area contributed by atoms with E-state index in [4.69, 9.17) is 5.73 Å². The summed E-state index contributed by atoms with van der Waals surface area (Å²) in [5.74, 6) is -0.529. The van der Waals surface area contributed by atoms with Gasteiger partial charge < -0.3 is 5.73 Å². The SMILES string of the molecule is NC(=O)n1nc(/C=C/c2ccccc2)c2cccc(F)c21. The number of aromatic nitrogens is 2. The maximum atomic E-state index is 13.9. The van der Waals surface area contributed by atoms with E-state index in [1.807, 2.05) is 36.4 Å². The molecular weight excluding hydrogens is 269 g/mol. The maximum absolute atomic E-state index is 13.9. The minimum Gasteiger partial charge on any atom is -0.350 e. The molecule has 104 valence electrons. The van der Waals surface area contributed by atoms with Gasteiger partial charge in [0.2, 0.25) is 0 Å². The van der Waals surface area contributed by atoms with Crippen molar-refractivity contribution in [3.63, 3.8) is 0 Å². The Hall–Kier alpha value is -2.95. The van der Waals surface area contributed by atoms with E-state index in [9.17, 15) is 9.18 Å². The molecule has 0 saturated carbocycles. The number of nitrogens with zero attached hydrogens (tertiary/aromatic N) is 2. The highest BCUT2D eigenvalue weighted by molar-refractivity contribution is 5.95.